The summed E-state index contributed by atoms with van der Waals surface area (Å²) in [5, 5.41) is 0. The first kappa shape index (κ1) is 18.7. The molecule has 0 aliphatic rings. The molecule has 0 aliphatic carbocycles. The number of rotatable bonds is 0. The molecule has 24 valence electrons. The first-order valence-corrected chi connectivity index (χ1v) is 0.753. The van der Waals surface area contributed by atoms with E-state index in [1.807, 2.05) is 0 Å². The van der Waals surface area contributed by atoms with E-state index in [-0.39, 0.29) is 31.0 Å². The molecule has 0 aliphatic heterocycles. The Hall–Kier alpha value is 1.26. The normalized spacial score (nSPS) is 0.750. The quantitative estimate of drug-likeness (QED) is 0.490. The van der Waals surface area contributed by atoms with E-state index < -0.39 is 0 Å². The monoisotopic (exact) mass is 154 g/mol. The van der Waals surface area contributed by atoms with Gasteiger partial charge in [-0.3, -0.25) is 0 Å². The molecule has 0 aromatic heterocycles. The molecule has 4 heteroatoms. The molecule has 0 N–H and O–H groups in total. The van der Waals surface area contributed by atoms with Gasteiger partial charge in [0.15, 0.2) is 0 Å². The van der Waals surface area contributed by atoms with Crippen molar-refractivity contribution in [3.63, 3.8) is 0 Å². The third-order valence-corrected chi connectivity index (χ3v) is 0. The Morgan fingerprint density at radius 2 is 1.25 bits per heavy atom. The van der Waals surface area contributed by atoms with Crippen LogP contribution in [-0.4, -0.2) is 0 Å². The molecule has 0 bridgehead atoms. The van der Waals surface area contributed by atoms with Gasteiger partial charge in [-0.25, -0.2) is 0 Å². The summed E-state index contributed by atoms with van der Waals surface area (Å²) >= 11 is 1.06. The molecule has 0 aromatic rings. The van der Waals surface area contributed by atoms with Crippen LogP contribution in [0.1, 0.15) is 0 Å². The number of hydrogen-bond donors (Lipinski definition) is 0. The molecule has 4 heavy (non-hydrogen) atoms. The van der Waals surface area contributed by atoms with Crippen molar-refractivity contribution in [2.75, 3.05) is 0 Å². The number of halogens is 1. The van der Waals surface area contributed by atoms with E-state index in [1.54, 1.807) is 0 Å². The number of hydrogen-bond acceptors (Lipinski definition) is 1. The molecule has 0 amide bonds. The zero-order valence-corrected chi connectivity index (χ0v) is 5.32. The van der Waals surface area contributed by atoms with Crippen molar-refractivity contribution < 1.29 is 39.6 Å². The summed E-state index contributed by atoms with van der Waals surface area (Å²) in [5.41, 5.74) is 0. The van der Waals surface area contributed by atoms with Gasteiger partial charge in [-0.2, -0.15) is 0 Å². The van der Waals surface area contributed by atoms with E-state index in [1.165, 1.54) is 0 Å². The van der Waals surface area contributed by atoms with Crippen molar-refractivity contribution in [1.29, 1.82) is 0 Å². The first-order valence-electron chi connectivity index (χ1n) is 0.183. The van der Waals surface area contributed by atoms with Gasteiger partial charge in [-0.1, -0.05) is 0 Å². The predicted octanol–water partition coefficient (Wildman–Crippen LogP) is 0.298. The molecule has 0 heterocycles. The minimum atomic E-state index is 0. The molecule has 0 saturated heterocycles. The summed E-state index contributed by atoms with van der Waals surface area (Å²) in [6.45, 7) is 0. The second kappa shape index (κ2) is 28.5. The Morgan fingerprint density at radius 1 is 1.25 bits per heavy atom. The van der Waals surface area contributed by atoms with Gasteiger partial charge in [0, 0.05) is 18.6 Å². The molecule has 0 unspecified atom stereocenters. The molecule has 1 radical (unpaired) electrons. The Balaban J connectivity index is -0.00000000500. The van der Waals surface area contributed by atoms with Crippen LogP contribution in [0.2, 0.25) is 0 Å². The van der Waals surface area contributed by atoms with Crippen LogP contribution in [0.25, 0.3) is 0 Å². The van der Waals surface area contributed by atoms with E-state index in [9.17, 15) is 0 Å². The molecule has 0 saturated carbocycles. The molecule has 0 spiro atoms. The maximum absolute atomic E-state index is 8.19. The van der Waals surface area contributed by atoms with Crippen molar-refractivity contribution in [3.8, 4) is 0 Å². The smallest absolute Gasteiger partial charge is 0 e. The summed E-state index contributed by atoms with van der Waals surface area (Å²) in [6, 6.07) is 0. The average molecular weight is 154 g/mol. The van der Waals surface area contributed by atoms with Crippen LogP contribution in [0.5, 0.6) is 0 Å². The van der Waals surface area contributed by atoms with Gasteiger partial charge in [0.2, 0.25) is 0 Å². The summed E-state index contributed by atoms with van der Waals surface area (Å²) in [5.74, 6) is 0. The Bertz CT molecular complexity index is 6.00. The molecule has 0 aromatic carbocycles. The third-order valence-electron chi connectivity index (χ3n) is 0. The SMILES string of the molecule is Cl.[O]=[V].[V]. The fourth-order valence-corrected chi connectivity index (χ4v) is 0. The fraction of sp³-hybridized carbons (Fsp3) is 0. The Kier molecular flexibility index (Phi) is 133. The molecule has 0 atom stereocenters. The Morgan fingerprint density at radius 3 is 1.25 bits per heavy atom. The zero-order chi connectivity index (χ0) is 2.00. The van der Waals surface area contributed by atoms with Gasteiger partial charge < -0.3 is 0 Å². The van der Waals surface area contributed by atoms with Crippen LogP contribution >= 0.6 is 12.4 Å². The summed E-state index contributed by atoms with van der Waals surface area (Å²) in [7, 11) is 0. The van der Waals surface area contributed by atoms with Crippen molar-refractivity contribution in [2.45, 2.75) is 0 Å². The van der Waals surface area contributed by atoms with Crippen LogP contribution in [0.3, 0.4) is 0 Å². The van der Waals surface area contributed by atoms with Gasteiger partial charge in [-0.05, 0) is 0 Å². The largest absolute Gasteiger partial charge is 0 e. The van der Waals surface area contributed by atoms with Gasteiger partial charge in [0.25, 0.3) is 0 Å². The standard InChI is InChI=1S/ClH.O.2V/h1H;;;. The molecular formula is HClOV2. The second-order valence-electron chi connectivity index (χ2n) is 0. The molecule has 0 fully saturated rings. The van der Waals surface area contributed by atoms with E-state index in [0.717, 1.165) is 17.4 Å². The van der Waals surface area contributed by atoms with E-state index >= 15 is 0 Å². The van der Waals surface area contributed by atoms with Crippen molar-refractivity contribution >= 4 is 12.4 Å². The third kappa shape index (κ3) is 10.5. The maximum atomic E-state index is 8.19. The van der Waals surface area contributed by atoms with Gasteiger partial charge in [-0.15, -0.1) is 12.4 Å². The minimum absolute atomic E-state index is 0. The van der Waals surface area contributed by atoms with Crippen LogP contribution in [0, 0.1) is 0 Å². The predicted molar refractivity (Wildman–Crippen MR) is 7.93 cm³/mol. The molecule has 1 nitrogen and oxygen atoms in total. The van der Waals surface area contributed by atoms with Gasteiger partial charge in [0.05, 0.1) is 0 Å². The van der Waals surface area contributed by atoms with Crippen molar-refractivity contribution in [1.82, 2.24) is 0 Å². The Labute approximate surface area is 52.0 Å². The first-order chi connectivity index (χ1) is 1.00. The summed E-state index contributed by atoms with van der Waals surface area (Å²) in [4.78, 5) is 0. The summed E-state index contributed by atoms with van der Waals surface area (Å²) in [6.07, 6.45) is 0. The van der Waals surface area contributed by atoms with E-state index in [4.69, 9.17) is 3.67 Å². The topological polar surface area (TPSA) is 17.1 Å². The minimum Gasteiger partial charge on any atom is 0 e. The maximum Gasteiger partial charge on any atom is 0 e. The zero-order valence-electron chi connectivity index (χ0n) is 1.71. The molecular weight excluding hydrogens is 153 g/mol. The van der Waals surface area contributed by atoms with Crippen LogP contribution in [0.4, 0.5) is 0 Å². The summed E-state index contributed by atoms with van der Waals surface area (Å²) < 4.78 is 8.19. The van der Waals surface area contributed by atoms with Crippen LogP contribution in [-0.2, 0) is 39.6 Å². The van der Waals surface area contributed by atoms with Crippen LogP contribution in [0.15, 0.2) is 0 Å². The van der Waals surface area contributed by atoms with Crippen molar-refractivity contribution in [3.05, 3.63) is 0 Å². The van der Waals surface area contributed by atoms with E-state index in [2.05, 4.69) is 0 Å². The molecule has 0 rings (SSSR count). The van der Waals surface area contributed by atoms with Crippen molar-refractivity contribution in [2.24, 2.45) is 0 Å². The van der Waals surface area contributed by atoms with Gasteiger partial charge in [0.1, 0.15) is 0 Å². The second-order valence-corrected chi connectivity index (χ2v) is 0. The van der Waals surface area contributed by atoms with E-state index in [0.29, 0.717) is 0 Å². The van der Waals surface area contributed by atoms with Gasteiger partial charge >= 0.3 is 21.0 Å². The average Bonchev–Trinajstić information content (AvgIpc) is 1.00. The fourth-order valence-electron chi connectivity index (χ4n) is 0. The van der Waals surface area contributed by atoms with Crippen LogP contribution < -0.4 is 0 Å².